The number of methoxy groups -OCH3 is 1. The van der Waals surface area contributed by atoms with Crippen molar-refractivity contribution in [1.29, 1.82) is 0 Å². The van der Waals surface area contributed by atoms with E-state index < -0.39 is 43.1 Å². The fourth-order valence-corrected chi connectivity index (χ4v) is 15.6. The molecule has 7 aliphatic rings. The van der Waals surface area contributed by atoms with Crippen LogP contribution >= 0.6 is 0 Å². The first-order chi connectivity index (χ1) is 41.0. The van der Waals surface area contributed by atoms with Crippen LogP contribution in [-0.4, -0.2) is 145 Å². The first-order valence-corrected chi connectivity index (χ1v) is 31.6. The van der Waals surface area contributed by atoms with E-state index in [2.05, 4.69) is 83.8 Å². The molecule has 450 valence electrons. The van der Waals surface area contributed by atoms with Crippen molar-refractivity contribution in [2.45, 2.75) is 132 Å². The predicted octanol–water partition coefficient (Wildman–Crippen LogP) is 9.45. The summed E-state index contributed by atoms with van der Waals surface area (Å²) in [5.41, 5.74) is 4.23. The topological polar surface area (TPSA) is 239 Å². The van der Waals surface area contributed by atoms with Gasteiger partial charge in [-0.15, -0.1) is 0 Å². The van der Waals surface area contributed by atoms with Gasteiger partial charge in [-0.05, 0) is 144 Å². The quantitative estimate of drug-likeness (QED) is 0.0553. The lowest BCUT2D eigenvalue weighted by Gasteiger charge is -2.58. The van der Waals surface area contributed by atoms with Gasteiger partial charge < -0.3 is 48.9 Å². The Morgan fingerprint density at radius 3 is 2.53 bits per heavy atom. The number of anilines is 4. The lowest BCUT2D eigenvalue weighted by molar-refractivity contribution is -0.384. The molecule has 85 heavy (non-hydrogen) atoms. The molecule has 1 amide bonds. The van der Waals surface area contributed by atoms with Gasteiger partial charge in [0.25, 0.3) is 27.5 Å². The summed E-state index contributed by atoms with van der Waals surface area (Å²) >= 11 is 0. The van der Waals surface area contributed by atoms with Gasteiger partial charge in [0.1, 0.15) is 28.9 Å². The molecule has 1 spiro atoms. The van der Waals surface area contributed by atoms with E-state index in [4.69, 9.17) is 28.7 Å². The average Bonchev–Trinajstić information content (AvgIpc) is 2.10. The standard InChI is InChI=1S/C63H76N10O11S/c1-39(2)83-55-8-6-5-7-45(55)54-37-70(49-18-30-82-57-46(49)16-24-65-61(57)80-4)27-28-71(54)43-34-63(35-43)21-25-69(26-22-63)42-9-11-47(51(32-42)72-50-17-29-81-38-56(50)84-60-53(72)31-41-15-23-64-58(41)67-60)59(74)68-85(78,79)44-10-12-48(52(33-44)73(76)77)66-36-40-13-19-62(3,75)20-14-40/h5-12,15-16,23-24,31-33,39-40,43,49-50,54,56,66,75H,13-14,17-22,25-30,34-38H2,1-4H3,(H,64,67)(H,68,74)/t40?,49-,50+,54-,56+,62?/m1/s1. The van der Waals surface area contributed by atoms with E-state index in [1.165, 1.54) is 17.7 Å². The number of para-hydroxylation sites is 1. The molecule has 8 heterocycles. The Labute approximate surface area is 495 Å². The first kappa shape index (κ1) is 56.9. The van der Waals surface area contributed by atoms with Gasteiger partial charge in [0.15, 0.2) is 5.75 Å². The minimum absolute atomic E-state index is 0.0224. The third-order valence-electron chi connectivity index (χ3n) is 19.2. The van der Waals surface area contributed by atoms with Gasteiger partial charge in [-0.1, -0.05) is 18.2 Å². The number of nitro groups is 1. The summed E-state index contributed by atoms with van der Waals surface area (Å²) in [5.74, 6) is 1.83. The summed E-state index contributed by atoms with van der Waals surface area (Å²) < 4.78 is 61.8. The van der Waals surface area contributed by atoms with Crippen LogP contribution in [0.25, 0.3) is 11.0 Å². The Hall–Kier alpha value is -7.24. The van der Waals surface area contributed by atoms with Gasteiger partial charge >= 0.3 is 0 Å². The number of nitrogens with zero attached hydrogens (tertiary/aromatic N) is 7. The van der Waals surface area contributed by atoms with Crippen LogP contribution in [0, 0.1) is 21.4 Å². The van der Waals surface area contributed by atoms with E-state index in [0.717, 1.165) is 112 Å². The van der Waals surface area contributed by atoms with Gasteiger partial charge in [0.2, 0.25) is 5.88 Å². The van der Waals surface area contributed by atoms with E-state index in [0.29, 0.717) is 73.8 Å². The van der Waals surface area contributed by atoms with Gasteiger partial charge in [0, 0.05) is 105 Å². The maximum Gasteiger partial charge on any atom is 0.293 e. The largest absolute Gasteiger partial charge is 0.491 e. The molecule has 21 nitrogen and oxygen atoms in total. The number of piperidine rings is 1. The smallest absolute Gasteiger partial charge is 0.293 e. The SMILES string of the molecule is COc1nccc2c1OCC[C@H]2N1CCN(C2CC3(CCN(c4ccc(C(=O)NS(=O)(=O)c5ccc(NCC6CCC(C)(O)CC6)c([N+](=O)[O-])c5)c(N5c6cc7cc[nH]c7nc6O[C@H]6COCC[C@@H]65)c4)CC3)C2)[C@@H](c2ccccc2OC(C)C)C1. The molecule has 3 saturated heterocycles. The number of hydrogen-bond donors (Lipinski definition) is 4. The zero-order valence-electron chi connectivity index (χ0n) is 48.7. The number of fused-ring (bicyclic) bond motifs is 4. The zero-order chi connectivity index (χ0) is 58.8. The lowest BCUT2D eigenvalue weighted by Crippen LogP contribution is -2.60. The minimum atomic E-state index is -4.65. The van der Waals surface area contributed by atoms with Crippen molar-refractivity contribution in [2.24, 2.45) is 11.3 Å². The van der Waals surface area contributed by atoms with Gasteiger partial charge in [-0.25, -0.2) is 18.1 Å². The number of pyridine rings is 2. The number of carbonyl (C=O) groups is 1. The Morgan fingerprint density at radius 1 is 0.929 bits per heavy atom. The highest BCUT2D eigenvalue weighted by molar-refractivity contribution is 7.90. The van der Waals surface area contributed by atoms with Crippen LogP contribution < -0.4 is 38.8 Å². The summed E-state index contributed by atoms with van der Waals surface area (Å²) in [6.07, 6.45) is 11.5. The number of rotatable bonds is 15. The van der Waals surface area contributed by atoms with Crippen LogP contribution in [0.5, 0.6) is 23.3 Å². The van der Waals surface area contributed by atoms with Crippen LogP contribution in [-0.2, 0) is 14.8 Å². The number of ether oxygens (including phenoxy) is 5. The maximum absolute atomic E-state index is 14.9. The number of benzene rings is 3. The second-order valence-corrected chi connectivity index (χ2v) is 26.7. The van der Waals surface area contributed by atoms with Crippen molar-refractivity contribution in [1.82, 2.24) is 29.5 Å². The van der Waals surface area contributed by atoms with E-state index in [9.17, 15) is 28.4 Å². The maximum atomic E-state index is 14.9. The van der Waals surface area contributed by atoms with E-state index in [1.54, 1.807) is 13.2 Å². The number of aromatic amines is 1. The van der Waals surface area contributed by atoms with Crippen molar-refractivity contribution in [3.8, 4) is 23.3 Å². The normalized spacial score (nSPS) is 25.2. The van der Waals surface area contributed by atoms with Gasteiger partial charge in [0.05, 0.1) is 65.2 Å². The summed E-state index contributed by atoms with van der Waals surface area (Å²) in [6.45, 7) is 12.0. The molecule has 3 aromatic heterocycles. The number of carbonyl (C=O) groups excluding carboxylic acids is 1. The number of piperazine rings is 1. The van der Waals surface area contributed by atoms with E-state index in [-0.39, 0.29) is 53.4 Å². The molecule has 2 saturated carbocycles. The van der Waals surface area contributed by atoms with Crippen molar-refractivity contribution >= 4 is 55.4 Å². The first-order valence-electron chi connectivity index (χ1n) is 30.2. The van der Waals surface area contributed by atoms with Crippen LogP contribution in [0.1, 0.15) is 119 Å². The third kappa shape index (κ3) is 11.2. The Bertz CT molecular complexity index is 3590. The number of aromatic nitrogens is 3. The average molecular weight is 1180 g/mol. The van der Waals surface area contributed by atoms with Crippen LogP contribution in [0.15, 0.2) is 96.2 Å². The Morgan fingerprint density at radius 2 is 1.74 bits per heavy atom. The highest BCUT2D eigenvalue weighted by atomic mass is 32.2. The molecule has 5 fully saturated rings. The molecule has 0 unspecified atom stereocenters. The molecule has 0 radical (unpaired) electrons. The van der Waals surface area contributed by atoms with E-state index in [1.807, 2.05) is 43.6 Å². The molecule has 4 atom stereocenters. The number of aliphatic hydroxyl groups is 1. The lowest BCUT2D eigenvalue weighted by atomic mass is 9.59. The van der Waals surface area contributed by atoms with Crippen molar-refractivity contribution in [2.75, 3.05) is 81.3 Å². The predicted molar refractivity (Wildman–Crippen MR) is 321 cm³/mol. The van der Waals surface area contributed by atoms with Gasteiger partial charge in [-0.2, -0.15) is 4.98 Å². The molecule has 3 aromatic carbocycles. The second-order valence-electron chi connectivity index (χ2n) is 25.0. The second kappa shape index (κ2) is 22.9. The molecule has 2 aliphatic carbocycles. The third-order valence-corrected chi connectivity index (χ3v) is 20.5. The van der Waals surface area contributed by atoms with Crippen molar-refractivity contribution < 1.29 is 46.9 Å². The minimum Gasteiger partial charge on any atom is -0.491 e. The summed E-state index contributed by atoms with van der Waals surface area (Å²) in [4.78, 5) is 48.6. The Kier molecular flexibility index (Phi) is 15.3. The molecule has 6 aromatic rings. The van der Waals surface area contributed by atoms with Crippen LogP contribution in [0.3, 0.4) is 0 Å². The van der Waals surface area contributed by atoms with Crippen LogP contribution in [0.2, 0.25) is 0 Å². The summed E-state index contributed by atoms with van der Waals surface area (Å²) in [7, 11) is -3.02. The van der Waals surface area contributed by atoms with Gasteiger partial charge in [-0.3, -0.25) is 24.7 Å². The molecule has 5 aliphatic heterocycles. The molecule has 22 heteroatoms. The molecule has 4 N–H and O–H groups in total. The number of hydrogen-bond acceptors (Lipinski definition) is 18. The number of H-pyrrole nitrogens is 1. The number of nitro benzene ring substituents is 1. The van der Waals surface area contributed by atoms with Crippen molar-refractivity contribution in [3.05, 3.63) is 118 Å². The highest BCUT2D eigenvalue weighted by Crippen LogP contribution is 2.55. The summed E-state index contributed by atoms with van der Waals surface area (Å²) in [5, 5.41) is 26.9. The molecule has 0 bridgehead atoms. The van der Waals surface area contributed by atoms with E-state index >= 15 is 0 Å². The number of nitrogens with one attached hydrogen (secondary N) is 3. The van der Waals surface area contributed by atoms with Crippen molar-refractivity contribution in [3.63, 3.8) is 0 Å². The fourth-order valence-electron chi connectivity index (χ4n) is 14.6. The number of amides is 1. The highest BCUT2D eigenvalue weighted by Gasteiger charge is 2.51. The molecular formula is C63H76N10O11S. The van der Waals surface area contributed by atoms with Crippen LogP contribution in [0.4, 0.5) is 28.4 Å². The monoisotopic (exact) mass is 1180 g/mol. The zero-order valence-corrected chi connectivity index (χ0v) is 49.5. The Balaban J connectivity index is 0.762. The molecular weight excluding hydrogens is 1100 g/mol. The molecule has 13 rings (SSSR count). The fraction of sp³-hybridized carbons (Fsp3) is 0.508. The number of sulfonamides is 1. The summed E-state index contributed by atoms with van der Waals surface area (Å²) in [6, 6.07) is 24.1.